The van der Waals surface area contributed by atoms with Crippen molar-refractivity contribution < 1.29 is 13.2 Å². The summed E-state index contributed by atoms with van der Waals surface area (Å²) >= 11 is 0. The van der Waals surface area contributed by atoms with Crippen molar-refractivity contribution in [3.8, 4) is 11.4 Å². The van der Waals surface area contributed by atoms with Gasteiger partial charge in [0, 0.05) is 0 Å². The van der Waals surface area contributed by atoms with Crippen LogP contribution >= 0.6 is 0 Å². The average Bonchev–Trinajstić information content (AvgIpc) is 2.45. The number of aromatic amines is 1. The molecule has 1 N–H and O–H groups in total. The Morgan fingerprint density at radius 1 is 0.950 bits per heavy atom. The zero-order chi connectivity index (χ0) is 14.3. The lowest BCUT2D eigenvalue weighted by Gasteiger charge is -2.05. The van der Waals surface area contributed by atoms with Gasteiger partial charge in [-0.3, -0.25) is 4.79 Å². The number of fused-ring (bicyclic) bond motifs is 1. The number of H-pyrrole nitrogens is 1. The van der Waals surface area contributed by atoms with Crippen molar-refractivity contribution in [3.05, 3.63) is 64.2 Å². The van der Waals surface area contributed by atoms with Gasteiger partial charge in [0.25, 0.3) is 5.56 Å². The topological polar surface area (TPSA) is 45.8 Å². The van der Waals surface area contributed by atoms with E-state index in [4.69, 9.17) is 0 Å². The summed E-state index contributed by atoms with van der Waals surface area (Å²) in [5, 5.41) is 0.333. The average molecular weight is 276 g/mol. The third kappa shape index (κ3) is 1.85. The molecule has 2 aromatic carbocycles. The second kappa shape index (κ2) is 4.48. The molecule has 100 valence electrons. The molecule has 0 bridgehead atoms. The molecule has 0 spiro atoms. The van der Waals surface area contributed by atoms with E-state index in [1.807, 2.05) is 0 Å². The second-order valence-electron chi connectivity index (χ2n) is 4.15. The van der Waals surface area contributed by atoms with Crippen molar-refractivity contribution in [2.45, 2.75) is 0 Å². The maximum absolute atomic E-state index is 13.7. The molecule has 0 aliphatic heterocycles. The minimum absolute atomic E-state index is 0.148. The molecule has 0 aliphatic carbocycles. The van der Waals surface area contributed by atoms with Gasteiger partial charge in [0.15, 0.2) is 17.5 Å². The Hall–Kier alpha value is -2.63. The van der Waals surface area contributed by atoms with Crippen LogP contribution in [0.2, 0.25) is 0 Å². The van der Waals surface area contributed by atoms with Crippen LogP contribution in [0.1, 0.15) is 0 Å². The molecule has 0 atom stereocenters. The number of rotatable bonds is 1. The van der Waals surface area contributed by atoms with Crippen LogP contribution in [-0.2, 0) is 0 Å². The number of aromatic nitrogens is 2. The summed E-state index contributed by atoms with van der Waals surface area (Å²) in [6.45, 7) is 0. The monoisotopic (exact) mass is 276 g/mol. The maximum Gasteiger partial charge on any atom is 0.259 e. The van der Waals surface area contributed by atoms with E-state index in [1.54, 1.807) is 24.3 Å². The molecule has 1 aromatic heterocycles. The fraction of sp³-hybridized carbons (Fsp3) is 0. The first kappa shape index (κ1) is 12.4. The highest BCUT2D eigenvalue weighted by Gasteiger charge is 2.16. The van der Waals surface area contributed by atoms with Crippen molar-refractivity contribution in [1.29, 1.82) is 0 Å². The summed E-state index contributed by atoms with van der Waals surface area (Å²) in [4.78, 5) is 18.3. The fourth-order valence-corrected chi connectivity index (χ4v) is 1.92. The Balaban J connectivity index is 2.31. The summed E-state index contributed by atoms with van der Waals surface area (Å²) in [5.74, 6) is -4.43. The molecule has 0 saturated heterocycles. The lowest BCUT2D eigenvalue weighted by molar-refractivity contribution is 0.448. The fourth-order valence-electron chi connectivity index (χ4n) is 1.92. The molecule has 0 amide bonds. The molecule has 6 heteroatoms. The smallest absolute Gasteiger partial charge is 0.259 e. The Morgan fingerprint density at radius 3 is 2.50 bits per heavy atom. The third-order valence-electron chi connectivity index (χ3n) is 2.90. The number of nitrogens with zero attached hydrogens (tertiary/aromatic N) is 1. The first-order chi connectivity index (χ1) is 9.58. The first-order valence-electron chi connectivity index (χ1n) is 5.71. The maximum atomic E-state index is 13.7. The molecule has 1 heterocycles. The minimum Gasteiger partial charge on any atom is -0.306 e. The van der Waals surface area contributed by atoms with Gasteiger partial charge < -0.3 is 4.98 Å². The van der Waals surface area contributed by atoms with E-state index in [0.29, 0.717) is 10.9 Å². The predicted octanol–water partition coefficient (Wildman–Crippen LogP) is 3.01. The quantitative estimate of drug-likeness (QED) is 0.694. The van der Waals surface area contributed by atoms with Crippen LogP contribution in [0.4, 0.5) is 13.2 Å². The summed E-state index contributed by atoms with van der Waals surface area (Å²) in [7, 11) is 0. The highest BCUT2D eigenvalue weighted by atomic mass is 19.2. The summed E-state index contributed by atoms with van der Waals surface area (Å²) in [6.07, 6.45) is 0. The van der Waals surface area contributed by atoms with Crippen LogP contribution in [0.5, 0.6) is 0 Å². The van der Waals surface area contributed by atoms with Crippen LogP contribution < -0.4 is 5.56 Å². The van der Waals surface area contributed by atoms with Crippen molar-refractivity contribution >= 4 is 10.9 Å². The molecule has 3 aromatic rings. The molecule has 3 nitrogen and oxygen atoms in total. The molecule has 0 radical (unpaired) electrons. The Morgan fingerprint density at radius 2 is 1.70 bits per heavy atom. The normalized spacial score (nSPS) is 10.9. The van der Waals surface area contributed by atoms with Crippen molar-refractivity contribution in [1.82, 2.24) is 9.97 Å². The Bertz CT molecular complexity index is 874. The number of para-hydroxylation sites is 1. The van der Waals surface area contributed by atoms with Crippen LogP contribution in [0.3, 0.4) is 0 Å². The molecule has 20 heavy (non-hydrogen) atoms. The van der Waals surface area contributed by atoms with Gasteiger partial charge in [-0.25, -0.2) is 18.2 Å². The van der Waals surface area contributed by atoms with E-state index in [-0.39, 0.29) is 11.4 Å². The van der Waals surface area contributed by atoms with Crippen LogP contribution in [0, 0.1) is 17.5 Å². The van der Waals surface area contributed by atoms with E-state index in [9.17, 15) is 18.0 Å². The van der Waals surface area contributed by atoms with Crippen LogP contribution in [0.25, 0.3) is 22.3 Å². The van der Waals surface area contributed by atoms with Crippen molar-refractivity contribution in [2.75, 3.05) is 0 Å². The van der Waals surface area contributed by atoms with Gasteiger partial charge in [0.05, 0.1) is 16.5 Å². The van der Waals surface area contributed by atoms with E-state index in [1.165, 1.54) is 0 Å². The zero-order valence-electron chi connectivity index (χ0n) is 9.95. The number of benzene rings is 2. The van der Waals surface area contributed by atoms with Gasteiger partial charge in [0.1, 0.15) is 5.82 Å². The van der Waals surface area contributed by atoms with Gasteiger partial charge in [-0.05, 0) is 24.3 Å². The summed E-state index contributed by atoms with van der Waals surface area (Å²) < 4.78 is 39.8. The van der Waals surface area contributed by atoms with Crippen molar-refractivity contribution in [2.24, 2.45) is 0 Å². The van der Waals surface area contributed by atoms with Gasteiger partial charge >= 0.3 is 0 Å². The molecule has 0 saturated carbocycles. The van der Waals surface area contributed by atoms with Crippen molar-refractivity contribution in [3.63, 3.8) is 0 Å². The molecular weight excluding hydrogens is 269 g/mol. The van der Waals surface area contributed by atoms with E-state index >= 15 is 0 Å². The number of nitrogens with one attached hydrogen (secondary N) is 1. The van der Waals surface area contributed by atoms with Crippen LogP contribution in [-0.4, -0.2) is 9.97 Å². The predicted molar refractivity (Wildman–Crippen MR) is 67.7 cm³/mol. The molecular formula is C14H7F3N2O. The third-order valence-corrected chi connectivity index (χ3v) is 2.90. The summed E-state index contributed by atoms with van der Waals surface area (Å²) in [6, 6.07) is 8.28. The largest absolute Gasteiger partial charge is 0.306 e. The Labute approximate surface area is 110 Å². The molecule has 0 unspecified atom stereocenters. The highest BCUT2D eigenvalue weighted by molar-refractivity contribution is 5.79. The minimum atomic E-state index is -1.60. The first-order valence-corrected chi connectivity index (χ1v) is 5.71. The van der Waals surface area contributed by atoms with Crippen LogP contribution in [0.15, 0.2) is 41.2 Å². The SMILES string of the molecule is O=c1[nH]c(-c2ccc(F)c(F)c2F)nc2ccccc12. The second-order valence-corrected chi connectivity index (χ2v) is 4.15. The lowest BCUT2D eigenvalue weighted by Crippen LogP contribution is -2.10. The molecule has 0 fully saturated rings. The highest BCUT2D eigenvalue weighted by Crippen LogP contribution is 2.23. The van der Waals surface area contributed by atoms with E-state index < -0.39 is 23.0 Å². The number of hydrogen-bond acceptors (Lipinski definition) is 2. The number of halogens is 3. The van der Waals surface area contributed by atoms with E-state index in [0.717, 1.165) is 12.1 Å². The van der Waals surface area contributed by atoms with Gasteiger partial charge in [-0.2, -0.15) is 0 Å². The Kier molecular flexibility index (Phi) is 2.78. The van der Waals surface area contributed by atoms with Gasteiger partial charge in [-0.1, -0.05) is 12.1 Å². The standard InChI is InChI=1S/C14H7F3N2O/c15-9-6-5-8(11(16)12(9)17)13-18-10-4-2-1-3-7(10)14(20)19-13/h1-6H,(H,18,19,20). The zero-order valence-corrected chi connectivity index (χ0v) is 9.95. The van der Waals surface area contributed by atoms with Gasteiger partial charge in [-0.15, -0.1) is 0 Å². The van der Waals surface area contributed by atoms with Gasteiger partial charge in [0.2, 0.25) is 0 Å². The molecule has 3 rings (SSSR count). The lowest BCUT2D eigenvalue weighted by atomic mass is 10.1. The van der Waals surface area contributed by atoms with E-state index in [2.05, 4.69) is 9.97 Å². The number of hydrogen-bond donors (Lipinski definition) is 1. The molecule has 0 aliphatic rings. The summed E-state index contributed by atoms with van der Waals surface area (Å²) in [5.41, 5.74) is -0.433.